The van der Waals surface area contributed by atoms with E-state index in [2.05, 4.69) is 10.3 Å². The molecule has 0 saturated carbocycles. The van der Waals surface area contributed by atoms with Crippen LogP contribution in [0.1, 0.15) is 6.42 Å². The second-order valence-electron chi connectivity index (χ2n) is 3.93. The molecule has 100 valence electrons. The number of para-hydroxylation sites is 1. The number of hydrogen-bond acceptors (Lipinski definition) is 3. The van der Waals surface area contributed by atoms with Gasteiger partial charge in [0.25, 0.3) is 0 Å². The predicted octanol–water partition coefficient (Wildman–Crippen LogP) is 4.27. The Labute approximate surface area is 122 Å². The minimum absolute atomic E-state index is 0.525. The SMILES string of the molecule is Clc1cnc(NCCCOc2ccccc2)c(Cl)c1. The number of anilines is 1. The van der Waals surface area contributed by atoms with E-state index < -0.39 is 0 Å². The maximum absolute atomic E-state index is 6.00. The average Bonchev–Trinajstić information content (AvgIpc) is 2.42. The Morgan fingerprint density at radius 1 is 1.16 bits per heavy atom. The van der Waals surface area contributed by atoms with Gasteiger partial charge in [-0.3, -0.25) is 0 Å². The second-order valence-corrected chi connectivity index (χ2v) is 4.77. The molecule has 0 atom stereocenters. The molecule has 0 spiro atoms. The Balaban J connectivity index is 1.69. The van der Waals surface area contributed by atoms with Crippen LogP contribution in [0.5, 0.6) is 5.75 Å². The summed E-state index contributed by atoms with van der Waals surface area (Å²) in [6.07, 6.45) is 2.42. The smallest absolute Gasteiger partial charge is 0.144 e. The van der Waals surface area contributed by atoms with E-state index in [0.29, 0.717) is 22.5 Å². The van der Waals surface area contributed by atoms with Crippen molar-refractivity contribution in [3.63, 3.8) is 0 Å². The fourth-order valence-electron chi connectivity index (χ4n) is 1.53. The van der Waals surface area contributed by atoms with Crippen LogP contribution in [0.3, 0.4) is 0 Å². The van der Waals surface area contributed by atoms with Gasteiger partial charge < -0.3 is 10.1 Å². The summed E-state index contributed by atoms with van der Waals surface area (Å²) in [6, 6.07) is 11.4. The maximum Gasteiger partial charge on any atom is 0.144 e. The molecule has 2 aromatic rings. The number of aromatic nitrogens is 1. The zero-order valence-electron chi connectivity index (χ0n) is 10.3. The van der Waals surface area contributed by atoms with Crippen LogP contribution in [0.4, 0.5) is 5.82 Å². The van der Waals surface area contributed by atoms with Gasteiger partial charge in [-0.05, 0) is 24.6 Å². The Morgan fingerprint density at radius 3 is 2.68 bits per heavy atom. The van der Waals surface area contributed by atoms with Crippen LogP contribution < -0.4 is 10.1 Å². The van der Waals surface area contributed by atoms with Crippen molar-refractivity contribution in [1.82, 2.24) is 4.98 Å². The average molecular weight is 297 g/mol. The van der Waals surface area contributed by atoms with Gasteiger partial charge in [-0.2, -0.15) is 0 Å². The third kappa shape index (κ3) is 4.62. The highest BCUT2D eigenvalue weighted by Gasteiger charge is 2.01. The second kappa shape index (κ2) is 7.22. The number of hydrogen-bond donors (Lipinski definition) is 1. The number of nitrogens with one attached hydrogen (secondary N) is 1. The van der Waals surface area contributed by atoms with Crippen LogP contribution in [0, 0.1) is 0 Å². The van der Waals surface area contributed by atoms with Crippen molar-refractivity contribution >= 4 is 29.0 Å². The third-order valence-electron chi connectivity index (χ3n) is 2.43. The van der Waals surface area contributed by atoms with Gasteiger partial charge in [0, 0.05) is 12.7 Å². The van der Waals surface area contributed by atoms with E-state index in [1.54, 1.807) is 12.3 Å². The monoisotopic (exact) mass is 296 g/mol. The Morgan fingerprint density at radius 2 is 1.95 bits per heavy atom. The lowest BCUT2D eigenvalue weighted by atomic mass is 10.3. The van der Waals surface area contributed by atoms with Crippen molar-refractivity contribution in [3.05, 3.63) is 52.6 Å². The number of benzene rings is 1. The summed E-state index contributed by atoms with van der Waals surface area (Å²) in [7, 11) is 0. The molecule has 19 heavy (non-hydrogen) atoms. The molecular formula is C14H14Cl2N2O. The zero-order valence-corrected chi connectivity index (χ0v) is 11.8. The number of pyridine rings is 1. The van der Waals surface area contributed by atoms with Crippen LogP contribution in [0.25, 0.3) is 0 Å². The summed E-state index contributed by atoms with van der Waals surface area (Å²) in [4.78, 5) is 4.12. The minimum atomic E-state index is 0.525. The molecule has 1 heterocycles. The molecule has 5 heteroatoms. The lowest BCUT2D eigenvalue weighted by molar-refractivity contribution is 0.315. The molecule has 0 amide bonds. The largest absolute Gasteiger partial charge is 0.494 e. The first-order valence-electron chi connectivity index (χ1n) is 5.98. The topological polar surface area (TPSA) is 34.2 Å². The molecule has 0 aliphatic rings. The van der Waals surface area contributed by atoms with E-state index in [1.165, 1.54) is 0 Å². The molecule has 2 rings (SSSR count). The van der Waals surface area contributed by atoms with Crippen molar-refractivity contribution < 1.29 is 4.74 Å². The standard InChI is InChI=1S/C14H14Cl2N2O/c15-11-9-13(16)14(18-10-11)17-7-4-8-19-12-5-2-1-3-6-12/h1-3,5-6,9-10H,4,7-8H2,(H,17,18). The van der Waals surface area contributed by atoms with Crippen molar-refractivity contribution in [1.29, 1.82) is 0 Å². The highest BCUT2D eigenvalue weighted by atomic mass is 35.5. The molecular weight excluding hydrogens is 283 g/mol. The molecule has 3 nitrogen and oxygen atoms in total. The third-order valence-corrected chi connectivity index (χ3v) is 2.93. The summed E-state index contributed by atoms with van der Waals surface area (Å²) >= 11 is 11.8. The highest BCUT2D eigenvalue weighted by Crippen LogP contribution is 2.22. The van der Waals surface area contributed by atoms with Gasteiger partial charge in [-0.1, -0.05) is 41.4 Å². The van der Waals surface area contributed by atoms with Gasteiger partial charge in [0.15, 0.2) is 0 Å². The molecule has 1 aromatic carbocycles. The predicted molar refractivity (Wildman–Crippen MR) is 79.3 cm³/mol. The lowest BCUT2D eigenvalue weighted by Crippen LogP contribution is -2.08. The maximum atomic E-state index is 6.00. The van der Waals surface area contributed by atoms with E-state index in [9.17, 15) is 0 Å². The van der Waals surface area contributed by atoms with E-state index in [4.69, 9.17) is 27.9 Å². The normalized spacial score (nSPS) is 10.2. The van der Waals surface area contributed by atoms with Crippen molar-refractivity contribution in [2.75, 3.05) is 18.5 Å². The fraction of sp³-hybridized carbons (Fsp3) is 0.214. The van der Waals surface area contributed by atoms with E-state index >= 15 is 0 Å². The quantitative estimate of drug-likeness (QED) is 0.808. The number of halogens is 2. The van der Waals surface area contributed by atoms with E-state index in [1.807, 2.05) is 30.3 Å². The molecule has 1 N–H and O–H groups in total. The molecule has 0 bridgehead atoms. The summed E-state index contributed by atoms with van der Waals surface area (Å²) in [5, 5.41) is 4.20. The Kier molecular flexibility index (Phi) is 5.31. The van der Waals surface area contributed by atoms with Gasteiger partial charge in [0.2, 0.25) is 0 Å². The number of ether oxygens (including phenoxy) is 1. The highest BCUT2D eigenvalue weighted by molar-refractivity contribution is 6.35. The van der Waals surface area contributed by atoms with Gasteiger partial charge in [-0.25, -0.2) is 4.98 Å². The lowest BCUT2D eigenvalue weighted by Gasteiger charge is -2.08. The summed E-state index contributed by atoms with van der Waals surface area (Å²) in [5.41, 5.74) is 0. The summed E-state index contributed by atoms with van der Waals surface area (Å²) in [5.74, 6) is 1.52. The van der Waals surface area contributed by atoms with Crippen LogP contribution in [0.15, 0.2) is 42.6 Å². The van der Waals surface area contributed by atoms with Crippen molar-refractivity contribution in [2.45, 2.75) is 6.42 Å². The first-order valence-corrected chi connectivity index (χ1v) is 6.74. The van der Waals surface area contributed by atoms with Gasteiger partial charge in [0.1, 0.15) is 11.6 Å². The molecule has 0 radical (unpaired) electrons. The van der Waals surface area contributed by atoms with E-state index in [0.717, 1.165) is 18.7 Å². The van der Waals surface area contributed by atoms with E-state index in [-0.39, 0.29) is 0 Å². The molecule has 0 saturated heterocycles. The van der Waals surface area contributed by atoms with Crippen molar-refractivity contribution in [2.24, 2.45) is 0 Å². The Hall–Kier alpha value is -1.45. The van der Waals surface area contributed by atoms with Gasteiger partial charge in [-0.15, -0.1) is 0 Å². The summed E-state index contributed by atoms with van der Waals surface area (Å²) < 4.78 is 5.58. The molecule has 1 aromatic heterocycles. The van der Waals surface area contributed by atoms with Crippen molar-refractivity contribution in [3.8, 4) is 5.75 Å². The van der Waals surface area contributed by atoms with Gasteiger partial charge in [0.05, 0.1) is 16.7 Å². The first-order chi connectivity index (χ1) is 9.25. The fourth-order valence-corrected chi connectivity index (χ4v) is 1.98. The van der Waals surface area contributed by atoms with Crippen LogP contribution in [-0.4, -0.2) is 18.1 Å². The number of rotatable bonds is 6. The molecule has 0 aliphatic carbocycles. The molecule has 0 fully saturated rings. The number of nitrogens with zero attached hydrogens (tertiary/aromatic N) is 1. The first kappa shape index (κ1) is 14.0. The van der Waals surface area contributed by atoms with Crippen LogP contribution in [0.2, 0.25) is 10.0 Å². The van der Waals surface area contributed by atoms with Crippen LogP contribution in [-0.2, 0) is 0 Å². The molecule has 0 unspecified atom stereocenters. The minimum Gasteiger partial charge on any atom is -0.494 e. The molecule has 0 aliphatic heterocycles. The van der Waals surface area contributed by atoms with Crippen LogP contribution >= 0.6 is 23.2 Å². The Bertz CT molecular complexity index is 520. The summed E-state index contributed by atoms with van der Waals surface area (Å²) in [6.45, 7) is 1.38. The van der Waals surface area contributed by atoms with Gasteiger partial charge >= 0.3 is 0 Å². The zero-order chi connectivity index (χ0) is 13.5.